The number of nitrogens with one attached hydrogen (secondary N) is 1. The molecule has 1 aliphatic rings. The molecule has 8 heteroatoms. The Labute approximate surface area is 192 Å². The van der Waals surface area contributed by atoms with E-state index >= 15 is 0 Å². The predicted octanol–water partition coefficient (Wildman–Crippen LogP) is 4.65. The standard InChI is InChI=1S/C23H24ClN3O3S/c1-3-13-26-20(22(29)27(23(26)31)18-9-5-16(24)6-10-18)15-21(28)25-17-7-11-19(12-8-17)30-14-4-2/h3,5-12,20H,1,4,13-15H2,2H3,(H,25,28)/t20-/m1/s1. The summed E-state index contributed by atoms with van der Waals surface area (Å²) in [6, 6.07) is 13.3. The van der Waals surface area contributed by atoms with Gasteiger partial charge in [-0.15, -0.1) is 6.58 Å². The molecule has 162 valence electrons. The predicted molar refractivity (Wildman–Crippen MR) is 128 cm³/mol. The highest BCUT2D eigenvalue weighted by atomic mass is 35.5. The topological polar surface area (TPSA) is 61.9 Å². The van der Waals surface area contributed by atoms with Gasteiger partial charge in [-0.3, -0.25) is 14.5 Å². The first-order valence-electron chi connectivity index (χ1n) is 9.98. The Balaban J connectivity index is 1.71. The molecule has 6 nitrogen and oxygen atoms in total. The number of amides is 2. The molecule has 2 aromatic rings. The van der Waals surface area contributed by atoms with E-state index in [1.54, 1.807) is 59.5 Å². The SMILES string of the molecule is C=CCN1C(=S)N(c2ccc(Cl)cc2)C(=O)[C@H]1CC(=O)Nc1ccc(OCCC)cc1. The molecule has 1 heterocycles. The number of anilines is 2. The molecule has 1 atom stereocenters. The molecule has 0 unspecified atom stereocenters. The van der Waals surface area contributed by atoms with Crippen LogP contribution in [0, 0.1) is 0 Å². The van der Waals surface area contributed by atoms with Crippen LogP contribution < -0.4 is 15.0 Å². The third-order valence-electron chi connectivity index (χ3n) is 4.72. The summed E-state index contributed by atoms with van der Waals surface area (Å²) in [6.45, 7) is 6.77. The summed E-state index contributed by atoms with van der Waals surface area (Å²) in [5.74, 6) is 0.204. The van der Waals surface area contributed by atoms with Crippen LogP contribution in [-0.2, 0) is 9.59 Å². The van der Waals surface area contributed by atoms with E-state index in [2.05, 4.69) is 11.9 Å². The summed E-state index contributed by atoms with van der Waals surface area (Å²) in [7, 11) is 0. The molecule has 2 amide bonds. The van der Waals surface area contributed by atoms with Crippen molar-refractivity contribution in [3.05, 3.63) is 66.2 Å². The second kappa shape index (κ2) is 10.4. The summed E-state index contributed by atoms with van der Waals surface area (Å²) < 4.78 is 5.55. The number of benzene rings is 2. The molecular formula is C23H24ClN3O3S. The van der Waals surface area contributed by atoms with Gasteiger partial charge in [0.1, 0.15) is 11.8 Å². The minimum absolute atomic E-state index is 0.0367. The van der Waals surface area contributed by atoms with Crippen LogP contribution >= 0.6 is 23.8 Å². The molecule has 3 rings (SSSR count). The van der Waals surface area contributed by atoms with Gasteiger partial charge in [0, 0.05) is 17.3 Å². The fourth-order valence-corrected chi connectivity index (χ4v) is 3.77. The third-order valence-corrected chi connectivity index (χ3v) is 5.39. The number of carbonyl (C=O) groups excluding carboxylic acids is 2. The molecule has 0 bridgehead atoms. The lowest BCUT2D eigenvalue weighted by Gasteiger charge is -2.22. The summed E-state index contributed by atoms with van der Waals surface area (Å²) in [5, 5.41) is 3.73. The van der Waals surface area contributed by atoms with Crippen LogP contribution in [0.1, 0.15) is 19.8 Å². The highest BCUT2D eigenvalue weighted by Gasteiger charge is 2.43. The second-order valence-corrected chi connectivity index (χ2v) is 7.82. The molecule has 0 saturated carbocycles. The number of halogens is 1. The summed E-state index contributed by atoms with van der Waals surface area (Å²) in [4.78, 5) is 29.0. The van der Waals surface area contributed by atoms with Gasteiger partial charge in [-0.25, -0.2) is 0 Å². The van der Waals surface area contributed by atoms with E-state index in [0.29, 0.717) is 34.7 Å². The number of hydrogen-bond acceptors (Lipinski definition) is 4. The molecule has 1 aliphatic heterocycles. The first-order valence-corrected chi connectivity index (χ1v) is 10.8. The maximum atomic E-state index is 13.2. The Morgan fingerprint density at radius 2 is 1.90 bits per heavy atom. The van der Waals surface area contributed by atoms with Gasteiger partial charge >= 0.3 is 0 Å². The molecule has 31 heavy (non-hydrogen) atoms. The van der Waals surface area contributed by atoms with Gasteiger partial charge in [0.2, 0.25) is 5.91 Å². The molecule has 2 aromatic carbocycles. The average Bonchev–Trinajstić information content (AvgIpc) is 2.98. The van der Waals surface area contributed by atoms with E-state index in [-0.39, 0.29) is 18.2 Å². The maximum Gasteiger partial charge on any atom is 0.256 e. The zero-order valence-electron chi connectivity index (χ0n) is 17.2. The second-order valence-electron chi connectivity index (χ2n) is 7.01. The zero-order valence-corrected chi connectivity index (χ0v) is 18.8. The van der Waals surface area contributed by atoms with Crippen molar-refractivity contribution in [3.63, 3.8) is 0 Å². The largest absolute Gasteiger partial charge is 0.494 e. The molecular weight excluding hydrogens is 434 g/mol. The zero-order chi connectivity index (χ0) is 22.4. The van der Waals surface area contributed by atoms with E-state index in [1.165, 1.54) is 4.90 Å². The molecule has 1 saturated heterocycles. The molecule has 1 fully saturated rings. The fourth-order valence-electron chi connectivity index (χ4n) is 3.25. The van der Waals surface area contributed by atoms with Crippen molar-refractivity contribution in [3.8, 4) is 5.75 Å². The van der Waals surface area contributed by atoms with Crippen molar-refractivity contribution in [2.24, 2.45) is 0 Å². The van der Waals surface area contributed by atoms with Crippen LogP contribution in [0.15, 0.2) is 61.2 Å². The summed E-state index contributed by atoms with van der Waals surface area (Å²) >= 11 is 11.5. The molecule has 1 N–H and O–H groups in total. The smallest absolute Gasteiger partial charge is 0.256 e. The van der Waals surface area contributed by atoms with Gasteiger partial charge < -0.3 is 15.0 Å². The molecule has 0 spiro atoms. The van der Waals surface area contributed by atoms with Gasteiger partial charge in [0.15, 0.2) is 5.11 Å². The van der Waals surface area contributed by atoms with Crippen molar-refractivity contribution in [2.45, 2.75) is 25.8 Å². The third kappa shape index (κ3) is 5.42. The van der Waals surface area contributed by atoms with Crippen LogP contribution in [0.5, 0.6) is 5.75 Å². The van der Waals surface area contributed by atoms with Crippen LogP contribution in [0.2, 0.25) is 5.02 Å². The Kier molecular flexibility index (Phi) is 7.65. The van der Waals surface area contributed by atoms with Crippen molar-refractivity contribution in [1.82, 2.24) is 4.90 Å². The van der Waals surface area contributed by atoms with Crippen molar-refractivity contribution >= 4 is 52.1 Å². The lowest BCUT2D eigenvalue weighted by Crippen LogP contribution is -2.37. The van der Waals surface area contributed by atoms with Gasteiger partial charge in [-0.2, -0.15) is 0 Å². The fraction of sp³-hybridized carbons (Fsp3) is 0.261. The molecule has 0 aromatic heterocycles. The number of hydrogen-bond donors (Lipinski definition) is 1. The van der Waals surface area contributed by atoms with Crippen molar-refractivity contribution in [2.75, 3.05) is 23.4 Å². The van der Waals surface area contributed by atoms with Gasteiger partial charge in [0.05, 0.1) is 18.7 Å². The number of nitrogens with zero attached hydrogens (tertiary/aromatic N) is 2. The molecule has 0 aliphatic carbocycles. The summed E-state index contributed by atoms with van der Waals surface area (Å²) in [6.07, 6.45) is 2.54. The van der Waals surface area contributed by atoms with Crippen LogP contribution in [0.25, 0.3) is 0 Å². The average molecular weight is 458 g/mol. The quantitative estimate of drug-likeness (QED) is 0.439. The van der Waals surface area contributed by atoms with Crippen molar-refractivity contribution < 1.29 is 14.3 Å². The van der Waals surface area contributed by atoms with E-state index in [1.807, 2.05) is 6.92 Å². The highest BCUT2D eigenvalue weighted by Crippen LogP contribution is 2.28. The number of carbonyl (C=O) groups is 2. The van der Waals surface area contributed by atoms with Crippen molar-refractivity contribution in [1.29, 1.82) is 0 Å². The Morgan fingerprint density at radius 3 is 2.52 bits per heavy atom. The van der Waals surface area contributed by atoms with E-state index in [9.17, 15) is 9.59 Å². The monoisotopic (exact) mass is 457 g/mol. The number of thiocarbonyl (C=S) groups is 1. The minimum atomic E-state index is -0.715. The minimum Gasteiger partial charge on any atom is -0.494 e. The van der Waals surface area contributed by atoms with Gasteiger partial charge in [-0.1, -0.05) is 24.6 Å². The molecule has 0 radical (unpaired) electrons. The Hall–Kier alpha value is -2.90. The van der Waals surface area contributed by atoms with E-state index in [0.717, 1.165) is 12.2 Å². The number of ether oxygens (including phenoxy) is 1. The Morgan fingerprint density at radius 1 is 1.23 bits per heavy atom. The van der Waals surface area contributed by atoms with E-state index in [4.69, 9.17) is 28.6 Å². The first-order chi connectivity index (χ1) is 14.9. The van der Waals surface area contributed by atoms with Crippen LogP contribution in [0.3, 0.4) is 0 Å². The lowest BCUT2D eigenvalue weighted by molar-refractivity contribution is -0.124. The summed E-state index contributed by atoms with van der Waals surface area (Å²) in [5.41, 5.74) is 1.24. The normalized spacial score (nSPS) is 15.9. The van der Waals surface area contributed by atoms with Gasteiger partial charge in [-0.05, 0) is 67.2 Å². The van der Waals surface area contributed by atoms with Crippen LogP contribution in [0.4, 0.5) is 11.4 Å². The van der Waals surface area contributed by atoms with Crippen LogP contribution in [-0.4, -0.2) is 41.0 Å². The Bertz CT molecular complexity index is 963. The number of rotatable bonds is 9. The van der Waals surface area contributed by atoms with Gasteiger partial charge in [0.25, 0.3) is 5.91 Å². The maximum absolute atomic E-state index is 13.2. The van der Waals surface area contributed by atoms with E-state index < -0.39 is 6.04 Å². The highest BCUT2D eigenvalue weighted by molar-refractivity contribution is 7.80. The first kappa shape index (κ1) is 22.8. The lowest BCUT2D eigenvalue weighted by atomic mass is 10.1.